The molecule has 0 amide bonds. The van der Waals surface area contributed by atoms with E-state index in [1.807, 2.05) is 32.9 Å². The summed E-state index contributed by atoms with van der Waals surface area (Å²) >= 11 is 0. The fourth-order valence-electron chi connectivity index (χ4n) is 2.12. The van der Waals surface area contributed by atoms with Gasteiger partial charge in [0.25, 0.3) is 0 Å². The Balaban J connectivity index is 2.68. The van der Waals surface area contributed by atoms with Crippen LogP contribution in [0.1, 0.15) is 48.9 Å². The van der Waals surface area contributed by atoms with Crippen LogP contribution in [0.3, 0.4) is 0 Å². The molecular weight excluding hydrogens is 251 g/mol. The summed E-state index contributed by atoms with van der Waals surface area (Å²) < 4.78 is 36.6. The van der Waals surface area contributed by atoms with Crippen molar-refractivity contribution in [3.8, 4) is 0 Å². The summed E-state index contributed by atoms with van der Waals surface area (Å²) in [4.78, 5) is 0. The number of rotatable bonds is 6. The fourth-order valence-corrected chi connectivity index (χ4v) is 2.12. The number of aryl methyl sites for hydroxylation is 2. The number of halogens is 3. The third-order valence-electron chi connectivity index (χ3n) is 3.34. The Morgan fingerprint density at radius 3 is 2.37 bits per heavy atom. The lowest BCUT2D eigenvalue weighted by Crippen LogP contribution is -2.21. The van der Waals surface area contributed by atoms with Crippen LogP contribution in [-0.4, -0.2) is 12.7 Å². The van der Waals surface area contributed by atoms with Gasteiger partial charge in [0, 0.05) is 12.5 Å². The molecule has 0 saturated carbocycles. The zero-order valence-electron chi connectivity index (χ0n) is 11.8. The zero-order valence-corrected chi connectivity index (χ0v) is 11.8. The SMILES string of the molecule is CCNC(CCCC(F)(F)F)c1ccc(C)c(C)c1. The largest absolute Gasteiger partial charge is 0.389 e. The highest BCUT2D eigenvalue weighted by Crippen LogP contribution is 2.27. The van der Waals surface area contributed by atoms with Gasteiger partial charge in [0.2, 0.25) is 0 Å². The van der Waals surface area contributed by atoms with Crippen LogP contribution in [0.25, 0.3) is 0 Å². The van der Waals surface area contributed by atoms with Gasteiger partial charge in [-0.3, -0.25) is 0 Å². The molecule has 19 heavy (non-hydrogen) atoms. The molecular formula is C15H22F3N. The molecule has 1 atom stereocenters. The van der Waals surface area contributed by atoms with E-state index in [-0.39, 0.29) is 12.5 Å². The molecule has 1 rings (SSSR count). The van der Waals surface area contributed by atoms with Crippen LogP contribution in [-0.2, 0) is 0 Å². The molecule has 1 nitrogen and oxygen atoms in total. The van der Waals surface area contributed by atoms with Gasteiger partial charge in [0.15, 0.2) is 0 Å². The maximum absolute atomic E-state index is 12.2. The van der Waals surface area contributed by atoms with E-state index in [0.29, 0.717) is 6.42 Å². The normalized spacial score (nSPS) is 13.6. The molecule has 1 unspecified atom stereocenters. The van der Waals surface area contributed by atoms with Gasteiger partial charge < -0.3 is 5.32 Å². The van der Waals surface area contributed by atoms with Crippen LogP contribution in [0, 0.1) is 13.8 Å². The topological polar surface area (TPSA) is 12.0 Å². The van der Waals surface area contributed by atoms with E-state index in [2.05, 4.69) is 11.4 Å². The molecule has 0 aliphatic rings. The first kappa shape index (κ1) is 16.0. The van der Waals surface area contributed by atoms with Gasteiger partial charge in [-0.05, 0) is 49.9 Å². The van der Waals surface area contributed by atoms with Crippen LogP contribution >= 0.6 is 0 Å². The molecule has 0 aliphatic carbocycles. The first-order valence-electron chi connectivity index (χ1n) is 6.70. The number of nitrogens with one attached hydrogen (secondary N) is 1. The molecule has 1 aromatic rings. The zero-order chi connectivity index (χ0) is 14.5. The van der Waals surface area contributed by atoms with E-state index >= 15 is 0 Å². The summed E-state index contributed by atoms with van der Waals surface area (Å²) in [5.74, 6) is 0. The molecule has 4 heteroatoms. The number of benzene rings is 1. The maximum Gasteiger partial charge on any atom is 0.389 e. The Morgan fingerprint density at radius 1 is 1.16 bits per heavy atom. The average Bonchev–Trinajstić information content (AvgIpc) is 2.30. The second kappa shape index (κ2) is 6.94. The molecule has 0 spiro atoms. The lowest BCUT2D eigenvalue weighted by molar-refractivity contribution is -0.135. The first-order valence-corrected chi connectivity index (χ1v) is 6.70. The van der Waals surface area contributed by atoms with Crippen molar-refractivity contribution in [2.75, 3.05) is 6.54 Å². The van der Waals surface area contributed by atoms with Crippen molar-refractivity contribution in [2.45, 2.75) is 52.3 Å². The summed E-state index contributed by atoms with van der Waals surface area (Å²) in [6.07, 6.45) is -4.09. The summed E-state index contributed by atoms with van der Waals surface area (Å²) in [6.45, 7) is 6.78. The minimum absolute atomic E-state index is 0.00616. The molecule has 1 aromatic carbocycles. The maximum atomic E-state index is 12.2. The molecule has 0 heterocycles. The van der Waals surface area contributed by atoms with Crippen LogP contribution < -0.4 is 5.32 Å². The lowest BCUT2D eigenvalue weighted by Gasteiger charge is -2.20. The first-order chi connectivity index (χ1) is 8.83. The molecule has 0 saturated heterocycles. The number of hydrogen-bond donors (Lipinski definition) is 1. The van der Waals surface area contributed by atoms with Gasteiger partial charge in [0.1, 0.15) is 0 Å². The molecule has 0 aliphatic heterocycles. The summed E-state index contributed by atoms with van der Waals surface area (Å²) in [5.41, 5.74) is 3.46. The Bertz CT molecular complexity index is 399. The van der Waals surface area contributed by atoms with Crippen molar-refractivity contribution in [2.24, 2.45) is 0 Å². The highest BCUT2D eigenvalue weighted by atomic mass is 19.4. The van der Waals surface area contributed by atoms with E-state index in [0.717, 1.165) is 12.1 Å². The predicted octanol–water partition coefficient (Wildman–Crippen LogP) is 4.69. The Morgan fingerprint density at radius 2 is 1.84 bits per heavy atom. The van der Waals surface area contributed by atoms with Gasteiger partial charge in [-0.1, -0.05) is 25.1 Å². The van der Waals surface area contributed by atoms with Crippen molar-refractivity contribution in [1.82, 2.24) is 5.32 Å². The minimum Gasteiger partial charge on any atom is -0.310 e. The molecule has 0 fully saturated rings. The minimum atomic E-state index is -4.06. The Labute approximate surface area is 113 Å². The van der Waals surface area contributed by atoms with Gasteiger partial charge in [-0.25, -0.2) is 0 Å². The predicted molar refractivity (Wildman–Crippen MR) is 72.2 cm³/mol. The van der Waals surface area contributed by atoms with Crippen LogP contribution in [0.15, 0.2) is 18.2 Å². The van der Waals surface area contributed by atoms with Crippen LogP contribution in [0.2, 0.25) is 0 Å². The number of hydrogen-bond acceptors (Lipinski definition) is 1. The summed E-state index contributed by atoms with van der Waals surface area (Å²) in [6, 6.07) is 6.10. The van der Waals surface area contributed by atoms with Gasteiger partial charge >= 0.3 is 6.18 Å². The van der Waals surface area contributed by atoms with Crippen LogP contribution in [0.4, 0.5) is 13.2 Å². The standard InChI is InChI=1S/C15H22F3N/c1-4-19-14(6-5-9-15(16,17)18)13-8-7-11(2)12(3)10-13/h7-8,10,14,19H,4-6,9H2,1-3H3. The van der Waals surface area contributed by atoms with E-state index < -0.39 is 12.6 Å². The highest BCUT2D eigenvalue weighted by molar-refractivity contribution is 5.31. The van der Waals surface area contributed by atoms with Crippen molar-refractivity contribution in [1.29, 1.82) is 0 Å². The third-order valence-corrected chi connectivity index (χ3v) is 3.34. The number of alkyl halides is 3. The Hall–Kier alpha value is -1.03. The molecule has 1 N–H and O–H groups in total. The highest BCUT2D eigenvalue weighted by Gasteiger charge is 2.26. The van der Waals surface area contributed by atoms with Crippen molar-refractivity contribution < 1.29 is 13.2 Å². The van der Waals surface area contributed by atoms with Crippen LogP contribution in [0.5, 0.6) is 0 Å². The Kier molecular flexibility index (Phi) is 5.85. The van der Waals surface area contributed by atoms with Crippen molar-refractivity contribution in [3.63, 3.8) is 0 Å². The quantitative estimate of drug-likeness (QED) is 0.793. The molecule has 108 valence electrons. The molecule has 0 bridgehead atoms. The summed E-state index contributed by atoms with van der Waals surface area (Å²) in [5, 5.41) is 3.26. The van der Waals surface area contributed by atoms with E-state index in [1.54, 1.807) is 0 Å². The van der Waals surface area contributed by atoms with E-state index in [4.69, 9.17) is 0 Å². The smallest absolute Gasteiger partial charge is 0.310 e. The summed E-state index contributed by atoms with van der Waals surface area (Å²) in [7, 11) is 0. The lowest BCUT2D eigenvalue weighted by atomic mass is 9.97. The van der Waals surface area contributed by atoms with E-state index in [1.165, 1.54) is 11.1 Å². The van der Waals surface area contributed by atoms with E-state index in [9.17, 15) is 13.2 Å². The monoisotopic (exact) mass is 273 g/mol. The third kappa shape index (κ3) is 5.64. The second-order valence-electron chi connectivity index (χ2n) is 4.96. The van der Waals surface area contributed by atoms with Crippen molar-refractivity contribution >= 4 is 0 Å². The molecule has 0 radical (unpaired) electrons. The van der Waals surface area contributed by atoms with Gasteiger partial charge in [-0.2, -0.15) is 13.2 Å². The average molecular weight is 273 g/mol. The van der Waals surface area contributed by atoms with Crippen molar-refractivity contribution in [3.05, 3.63) is 34.9 Å². The fraction of sp³-hybridized carbons (Fsp3) is 0.600. The second-order valence-corrected chi connectivity index (χ2v) is 4.96. The molecule has 0 aromatic heterocycles. The van der Waals surface area contributed by atoms with Gasteiger partial charge in [-0.15, -0.1) is 0 Å². The van der Waals surface area contributed by atoms with Gasteiger partial charge in [0.05, 0.1) is 0 Å².